The predicted octanol–water partition coefficient (Wildman–Crippen LogP) is 3.06. The highest BCUT2D eigenvalue weighted by Gasteiger charge is 2.41. The fraction of sp³-hybridized carbons (Fsp3) is 0.538. The van der Waals surface area contributed by atoms with Gasteiger partial charge in [0, 0.05) is 19.3 Å². The van der Waals surface area contributed by atoms with E-state index in [1.165, 1.54) is 6.92 Å². The van der Waals surface area contributed by atoms with Crippen molar-refractivity contribution in [2.24, 2.45) is 5.92 Å². The van der Waals surface area contributed by atoms with E-state index in [1.807, 2.05) is 0 Å². The number of halogens is 3. The molecule has 0 amide bonds. The van der Waals surface area contributed by atoms with Crippen LogP contribution in [0.25, 0.3) is 0 Å². The van der Waals surface area contributed by atoms with Gasteiger partial charge in [-0.3, -0.25) is 4.79 Å². The predicted molar refractivity (Wildman–Crippen MR) is 65.2 cm³/mol. The molecule has 1 aliphatic rings. The van der Waals surface area contributed by atoms with Gasteiger partial charge in [0.25, 0.3) is 0 Å². The summed E-state index contributed by atoms with van der Waals surface area (Å²) in [5, 5.41) is 0. The molecule has 0 unspecified atom stereocenters. The Bertz CT molecular complexity index is 465. The summed E-state index contributed by atoms with van der Waals surface area (Å²) in [5.74, 6) is -0.870. The second-order valence-electron chi connectivity index (χ2n) is 4.73. The summed E-state index contributed by atoms with van der Waals surface area (Å²) in [6.07, 6.45) is -2.47. The number of carbonyl (C=O) groups is 1. The molecule has 0 aromatic carbocycles. The molecule has 2 heterocycles. The van der Waals surface area contributed by atoms with Gasteiger partial charge in [0.05, 0.1) is 11.5 Å². The van der Waals surface area contributed by atoms with E-state index in [2.05, 4.69) is 4.98 Å². The number of alkyl halides is 3. The Balaban J connectivity index is 2.12. The van der Waals surface area contributed by atoms with Crippen LogP contribution in [0.5, 0.6) is 0 Å². The van der Waals surface area contributed by atoms with Gasteiger partial charge in [-0.2, -0.15) is 13.2 Å². The van der Waals surface area contributed by atoms with Crippen LogP contribution in [0.4, 0.5) is 19.0 Å². The summed E-state index contributed by atoms with van der Waals surface area (Å²) in [6.45, 7) is 1.99. The highest BCUT2D eigenvalue weighted by molar-refractivity contribution is 5.98. The second kappa shape index (κ2) is 5.19. The summed E-state index contributed by atoms with van der Waals surface area (Å²) < 4.78 is 37.8. The average molecular weight is 272 g/mol. The molecule has 1 aromatic heterocycles. The van der Waals surface area contributed by atoms with E-state index in [4.69, 9.17) is 0 Å². The van der Waals surface area contributed by atoms with Crippen molar-refractivity contribution in [3.8, 4) is 0 Å². The first-order valence-electron chi connectivity index (χ1n) is 6.17. The number of rotatable bonds is 2. The lowest BCUT2D eigenvalue weighted by Crippen LogP contribution is -2.39. The van der Waals surface area contributed by atoms with Crippen molar-refractivity contribution in [3.63, 3.8) is 0 Å². The SMILES string of the molecule is CC(=O)c1cccnc1N1CCC(C(F)(F)F)CC1. The lowest BCUT2D eigenvalue weighted by molar-refractivity contribution is -0.179. The van der Waals surface area contributed by atoms with E-state index in [9.17, 15) is 18.0 Å². The number of nitrogens with zero attached hydrogens (tertiary/aromatic N) is 2. The van der Waals surface area contributed by atoms with Crippen molar-refractivity contribution in [2.75, 3.05) is 18.0 Å². The van der Waals surface area contributed by atoms with Crippen LogP contribution in [0.1, 0.15) is 30.1 Å². The van der Waals surface area contributed by atoms with E-state index < -0.39 is 12.1 Å². The van der Waals surface area contributed by atoms with Crippen LogP contribution in [0, 0.1) is 5.92 Å². The smallest absolute Gasteiger partial charge is 0.356 e. The number of pyridine rings is 1. The molecule has 0 bridgehead atoms. The van der Waals surface area contributed by atoms with Gasteiger partial charge in [0.15, 0.2) is 5.78 Å². The first-order chi connectivity index (χ1) is 8.89. The second-order valence-corrected chi connectivity index (χ2v) is 4.73. The molecule has 1 aliphatic heterocycles. The zero-order valence-corrected chi connectivity index (χ0v) is 10.6. The van der Waals surface area contributed by atoms with Gasteiger partial charge in [0.2, 0.25) is 0 Å². The molecule has 1 saturated heterocycles. The van der Waals surface area contributed by atoms with E-state index in [0.717, 1.165) is 0 Å². The van der Waals surface area contributed by atoms with Crippen molar-refractivity contribution in [3.05, 3.63) is 23.9 Å². The summed E-state index contributed by atoms with van der Waals surface area (Å²) in [5.41, 5.74) is 0.466. The number of carbonyl (C=O) groups excluding carboxylic acids is 1. The number of Topliss-reactive ketones (excluding diaryl/α,β-unsaturated/α-hetero) is 1. The molecule has 104 valence electrons. The number of hydrogen-bond acceptors (Lipinski definition) is 3. The van der Waals surface area contributed by atoms with Crippen molar-refractivity contribution >= 4 is 11.6 Å². The van der Waals surface area contributed by atoms with Crippen LogP contribution in [0.3, 0.4) is 0 Å². The topological polar surface area (TPSA) is 33.2 Å². The van der Waals surface area contributed by atoms with Gasteiger partial charge in [-0.05, 0) is 31.9 Å². The lowest BCUT2D eigenvalue weighted by atomic mass is 9.96. The highest BCUT2D eigenvalue weighted by Crippen LogP contribution is 2.35. The Morgan fingerprint density at radius 1 is 1.37 bits per heavy atom. The Kier molecular flexibility index (Phi) is 3.78. The van der Waals surface area contributed by atoms with Crippen LogP contribution in [-0.2, 0) is 0 Å². The Morgan fingerprint density at radius 3 is 2.53 bits per heavy atom. The fourth-order valence-corrected chi connectivity index (χ4v) is 2.34. The normalized spacial score (nSPS) is 17.6. The van der Waals surface area contributed by atoms with E-state index in [1.54, 1.807) is 23.2 Å². The van der Waals surface area contributed by atoms with Crippen LogP contribution in [0.15, 0.2) is 18.3 Å². The molecule has 3 nitrogen and oxygen atoms in total. The Hall–Kier alpha value is -1.59. The van der Waals surface area contributed by atoms with E-state index in [-0.39, 0.29) is 31.7 Å². The zero-order chi connectivity index (χ0) is 14.0. The molecule has 0 aliphatic carbocycles. The first kappa shape index (κ1) is 13.8. The molecule has 0 spiro atoms. The number of piperidine rings is 1. The minimum absolute atomic E-state index is 0.0530. The van der Waals surface area contributed by atoms with Crippen molar-refractivity contribution < 1.29 is 18.0 Å². The molecule has 19 heavy (non-hydrogen) atoms. The Labute approximate surface area is 109 Å². The Morgan fingerprint density at radius 2 is 2.00 bits per heavy atom. The number of anilines is 1. The van der Waals surface area contributed by atoms with Crippen LogP contribution >= 0.6 is 0 Å². The number of aromatic nitrogens is 1. The van der Waals surface area contributed by atoms with Gasteiger partial charge in [0.1, 0.15) is 5.82 Å². The molecular formula is C13H15F3N2O. The average Bonchev–Trinajstić information content (AvgIpc) is 2.38. The quantitative estimate of drug-likeness (QED) is 0.776. The highest BCUT2D eigenvalue weighted by atomic mass is 19.4. The molecule has 0 N–H and O–H groups in total. The summed E-state index contributed by atoms with van der Waals surface area (Å²) in [7, 11) is 0. The summed E-state index contributed by atoms with van der Waals surface area (Å²) in [6, 6.07) is 3.31. The molecule has 0 saturated carbocycles. The minimum atomic E-state index is -4.13. The molecule has 1 fully saturated rings. The number of ketones is 1. The maximum absolute atomic E-state index is 12.6. The molecule has 0 atom stereocenters. The third kappa shape index (κ3) is 3.05. The van der Waals surface area contributed by atoms with Gasteiger partial charge in [-0.15, -0.1) is 0 Å². The monoisotopic (exact) mass is 272 g/mol. The van der Waals surface area contributed by atoms with Crippen molar-refractivity contribution in [2.45, 2.75) is 25.9 Å². The standard InChI is InChI=1S/C13H15F3N2O/c1-9(19)11-3-2-6-17-12(11)18-7-4-10(5-8-18)13(14,15)16/h2-3,6,10H,4-5,7-8H2,1H3. The van der Waals surface area contributed by atoms with Crippen LogP contribution in [-0.4, -0.2) is 30.0 Å². The summed E-state index contributed by atoms with van der Waals surface area (Å²) in [4.78, 5) is 17.4. The zero-order valence-electron chi connectivity index (χ0n) is 10.6. The molecule has 6 heteroatoms. The maximum atomic E-state index is 12.6. The van der Waals surface area contributed by atoms with Gasteiger partial charge >= 0.3 is 6.18 Å². The van der Waals surface area contributed by atoms with Gasteiger partial charge in [-0.1, -0.05) is 0 Å². The van der Waals surface area contributed by atoms with Gasteiger partial charge in [-0.25, -0.2) is 4.98 Å². The molecule has 1 aromatic rings. The summed E-state index contributed by atoms with van der Waals surface area (Å²) >= 11 is 0. The lowest BCUT2D eigenvalue weighted by Gasteiger charge is -2.34. The molecule has 2 rings (SSSR count). The molecule has 0 radical (unpaired) electrons. The van der Waals surface area contributed by atoms with E-state index >= 15 is 0 Å². The first-order valence-corrected chi connectivity index (χ1v) is 6.17. The third-order valence-electron chi connectivity index (χ3n) is 3.42. The minimum Gasteiger partial charge on any atom is -0.356 e. The largest absolute Gasteiger partial charge is 0.391 e. The molecular weight excluding hydrogens is 257 g/mol. The van der Waals surface area contributed by atoms with Crippen molar-refractivity contribution in [1.82, 2.24) is 4.98 Å². The number of hydrogen-bond donors (Lipinski definition) is 0. The van der Waals surface area contributed by atoms with Gasteiger partial charge < -0.3 is 4.90 Å². The van der Waals surface area contributed by atoms with Crippen LogP contribution in [0.2, 0.25) is 0 Å². The fourth-order valence-electron chi connectivity index (χ4n) is 2.34. The maximum Gasteiger partial charge on any atom is 0.391 e. The van der Waals surface area contributed by atoms with E-state index in [0.29, 0.717) is 11.4 Å². The van der Waals surface area contributed by atoms with Crippen LogP contribution < -0.4 is 4.90 Å². The van der Waals surface area contributed by atoms with Crippen molar-refractivity contribution in [1.29, 1.82) is 0 Å². The third-order valence-corrected chi connectivity index (χ3v) is 3.42.